The highest BCUT2D eigenvalue weighted by atomic mass is 19.3. The minimum absolute atomic E-state index is 0.0684. The molecular formula is C26H29F2NO3. The largest absolute Gasteiger partial charge is 0.491 e. The van der Waals surface area contributed by atoms with Gasteiger partial charge < -0.3 is 19.1 Å². The van der Waals surface area contributed by atoms with Gasteiger partial charge in [0.05, 0.1) is 6.10 Å². The fraction of sp³-hybridized carbons (Fsp3) is 0.462. The molecule has 1 fully saturated rings. The van der Waals surface area contributed by atoms with Crippen LogP contribution in [-0.2, 0) is 6.42 Å². The van der Waals surface area contributed by atoms with Gasteiger partial charge in [0.2, 0.25) is 0 Å². The topological polar surface area (TPSA) is 30.9 Å². The van der Waals surface area contributed by atoms with Crippen molar-refractivity contribution in [2.75, 3.05) is 13.1 Å². The van der Waals surface area contributed by atoms with E-state index in [0.29, 0.717) is 17.0 Å². The molecule has 2 aliphatic rings. The van der Waals surface area contributed by atoms with E-state index in [1.54, 1.807) is 12.1 Å². The molecule has 0 aliphatic carbocycles. The van der Waals surface area contributed by atoms with Crippen molar-refractivity contribution >= 4 is 5.70 Å². The zero-order valence-electron chi connectivity index (χ0n) is 18.8. The van der Waals surface area contributed by atoms with E-state index in [-0.39, 0.29) is 17.5 Å². The molecule has 4 nitrogen and oxygen atoms in total. The number of piperidine rings is 1. The van der Waals surface area contributed by atoms with Crippen LogP contribution in [0.3, 0.4) is 0 Å². The molecule has 0 amide bonds. The lowest BCUT2D eigenvalue weighted by molar-refractivity contribution is -0.0502. The number of ether oxygens (including phenoxy) is 3. The zero-order chi connectivity index (χ0) is 22.9. The second kappa shape index (κ2) is 8.90. The van der Waals surface area contributed by atoms with Crippen LogP contribution in [0.15, 0.2) is 30.8 Å². The highest BCUT2D eigenvalue weighted by Gasteiger charge is 2.40. The minimum atomic E-state index is -2.92. The van der Waals surface area contributed by atoms with Crippen LogP contribution in [0.25, 0.3) is 5.70 Å². The summed E-state index contributed by atoms with van der Waals surface area (Å²) >= 11 is 0. The summed E-state index contributed by atoms with van der Waals surface area (Å²) in [6.07, 6.45) is 3.51. The molecule has 6 heteroatoms. The first kappa shape index (κ1) is 22.3. The number of alkyl halides is 2. The molecule has 0 saturated carbocycles. The van der Waals surface area contributed by atoms with Gasteiger partial charge in [0.1, 0.15) is 17.1 Å². The number of hydrogen-bond donors (Lipinski definition) is 0. The van der Waals surface area contributed by atoms with E-state index >= 15 is 0 Å². The molecule has 170 valence electrons. The normalized spacial score (nSPS) is 17.0. The lowest BCUT2D eigenvalue weighted by Crippen LogP contribution is -2.49. The molecule has 32 heavy (non-hydrogen) atoms. The van der Waals surface area contributed by atoms with Gasteiger partial charge in [-0.15, -0.1) is 0 Å². The Kier molecular flexibility index (Phi) is 6.19. The SMILES string of the molecule is C=C(c1ccc(OC(C)C)cc1OC(F)F)N1CCC2(CCc3cc(C)c#cc3O2)CC1. The lowest BCUT2D eigenvalue weighted by Gasteiger charge is -2.45. The van der Waals surface area contributed by atoms with Crippen molar-refractivity contribution in [3.8, 4) is 17.2 Å². The summed E-state index contributed by atoms with van der Waals surface area (Å²) in [5.41, 5.74) is 3.25. The maximum absolute atomic E-state index is 13.1. The van der Waals surface area contributed by atoms with Crippen LogP contribution in [-0.4, -0.2) is 36.3 Å². The Bertz CT molecular complexity index is 981. The molecule has 2 aliphatic heterocycles. The number of hydrogen-bond acceptors (Lipinski definition) is 4. The predicted molar refractivity (Wildman–Crippen MR) is 119 cm³/mol. The first-order valence-electron chi connectivity index (χ1n) is 11.1. The van der Waals surface area contributed by atoms with E-state index in [1.165, 1.54) is 11.6 Å². The average molecular weight is 442 g/mol. The number of fused-ring (bicyclic) bond motifs is 1. The summed E-state index contributed by atoms with van der Waals surface area (Å²) in [6, 6.07) is 13.4. The molecule has 0 atom stereocenters. The number of aryl methyl sites for hydroxylation is 2. The quantitative estimate of drug-likeness (QED) is 0.566. The second-order valence-electron chi connectivity index (χ2n) is 8.85. The molecule has 0 radical (unpaired) electrons. The Labute approximate surface area is 188 Å². The van der Waals surface area contributed by atoms with Crippen molar-refractivity contribution < 1.29 is 23.0 Å². The van der Waals surface area contributed by atoms with Gasteiger partial charge in [0.15, 0.2) is 5.75 Å². The first-order valence-corrected chi connectivity index (χ1v) is 11.1. The summed E-state index contributed by atoms with van der Waals surface area (Å²) in [5.74, 6) is 1.37. The summed E-state index contributed by atoms with van der Waals surface area (Å²) in [7, 11) is 0. The maximum atomic E-state index is 13.1. The molecule has 2 aromatic rings. The zero-order valence-corrected chi connectivity index (χ0v) is 18.8. The monoisotopic (exact) mass is 441 g/mol. The van der Waals surface area contributed by atoms with Crippen molar-refractivity contribution in [1.82, 2.24) is 4.90 Å². The van der Waals surface area contributed by atoms with E-state index in [0.717, 1.165) is 50.1 Å². The van der Waals surface area contributed by atoms with Gasteiger partial charge in [0, 0.05) is 48.8 Å². The molecule has 0 bridgehead atoms. The van der Waals surface area contributed by atoms with Crippen LogP contribution in [0.5, 0.6) is 17.2 Å². The fourth-order valence-electron chi connectivity index (χ4n) is 4.49. The summed E-state index contributed by atoms with van der Waals surface area (Å²) in [6.45, 7) is 8.50. The smallest absolute Gasteiger partial charge is 0.387 e. The molecule has 0 aromatic heterocycles. The van der Waals surface area contributed by atoms with Gasteiger partial charge in [-0.1, -0.05) is 12.6 Å². The van der Waals surface area contributed by atoms with Crippen molar-refractivity contribution in [1.29, 1.82) is 0 Å². The van der Waals surface area contributed by atoms with Crippen LogP contribution in [0, 0.1) is 19.1 Å². The van der Waals surface area contributed by atoms with Crippen LogP contribution in [0.4, 0.5) is 8.78 Å². The fourth-order valence-corrected chi connectivity index (χ4v) is 4.49. The van der Waals surface area contributed by atoms with Gasteiger partial charge in [-0.2, -0.15) is 8.78 Å². The second-order valence-corrected chi connectivity index (χ2v) is 8.85. The summed E-state index contributed by atoms with van der Waals surface area (Å²) < 4.78 is 43.0. The van der Waals surface area contributed by atoms with E-state index in [4.69, 9.17) is 14.2 Å². The van der Waals surface area contributed by atoms with E-state index in [9.17, 15) is 8.78 Å². The van der Waals surface area contributed by atoms with Crippen molar-refractivity contribution in [3.63, 3.8) is 0 Å². The first-order chi connectivity index (χ1) is 15.2. The lowest BCUT2D eigenvalue weighted by atomic mass is 9.83. The average Bonchev–Trinajstić information content (AvgIpc) is 2.73. The molecule has 2 aromatic carbocycles. The van der Waals surface area contributed by atoms with Gasteiger partial charge in [-0.3, -0.25) is 0 Å². The number of benzene rings is 1. The Hall–Kier alpha value is -2.94. The molecule has 4 rings (SSSR count). The third kappa shape index (κ3) is 4.77. The maximum Gasteiger partial charge on any atom is 0.387 e. The van der Waals surface area contributed by atoms with Gasteiger partial charge in [-0.05, 0) is 63.4 Å². The van der Waals surface area contributed by atoms with Crippen LogP contribution in [0.2, 0.25) is 0 Å². The third-order valence-electron chi connectivity index (χ3n) is 6.13. The molecule has 2 heterocycles. The number of nitrogens with zero attached hydrogens (tertiary/aromatic N) is 1. The summed E-state index contributed by atoms with van der Waals surface area (Å²) in [5, 5.41) is 0. The Morgan fingerprint density at radius 1 is 1.12 bits per heavy atom. The highest BCUT2D eigenvalue weighted by molar-refractivity contribution is 5.68. The Balaban J connectivity index is 1.47. The molecule has 1 saturated heterocycles. The molecular weight excluding hydrogens is 412 g/mol. The van der Waals surface area contributed by atoms with Crippen LogP contribution < -0.4 is 14.2 Å². The summed E-state index contributed by atoms with van der Waals surface area (Å²) in [4.78, 5) is 2.12. The van der Waals surface area contributed by atoms with Crippen LogP contribution >= 0.6 is 0 Å². The highest BCUT2D eigenvalue weighted by Crippen LogP contribution is 2.41. The molecule has 0 unspecified atom stereocenters. The number of rotatable bonds is 6. The minimum Gasteiger partial charge on any atom is -0.491 e. The third-order valence-corrected chi connectivity index (χ3v) is 6.13. The van der Waals surface area contributed by atoms with E-state index in [2.05, 4.69) is 29.7 Å². The van der Waals surface area contributed by atoms with Gasteiger partial charge in [-0.25, -0.2) is 0 Å². The van der Waals surface area contributed by atoms with E-state index < -0.39 is 6.61 Å². The number of halogens is 2. The molecule has 1 spiro atoms. The number of likely N-dealkylation sites (tertiary alicyclic amines) is 1. The van der Waals surface area contributed by atoms with Crippen molar-refractivity contribution in [3.05, 3.63) is 59.7 Å². The van der Waals surface area contributed by atoms with Gasteiger partial charge >= 0.3 is 6.61 Å². The standard InChI is InChI=1S/C26H29F2NO3/c1-17(2)30-21-6-7-22(24(16-21)31-25(27)28)19(4)29-13-11-26(12-14-29)10-9-20-15-18(3)5-8-23(20)32-26/h6-7,15-17,25H,4,9-14H2,1-3H3. The van der Waals surface area contributed by atoms with Crippen molar-refractivity contribution in [2.45, 2.75) is 64.8 Å². The Morgan fingerprint density at radius 3 is 2.56 bits per heavy atom. The van der Waals surface area contributed by atoms with Gasteiger partial charge in [0.25, 0.3) is 0 Å². The predicted octanol–water partition coefficient (Wildman–Crippen LogP) is 5.81. The Morgan fingerprint density at radius 2 is 1.88 bits per heavy atom. The van der Waals surface area contributed by atoms with E-state index in [1.807, 2.05) is 20.8 Å². The van der Waals surface area contributed by atoms with Crippen molar-refractivity contribution in [2.24, 2.45) is 0 Å². The van der Waals surface area contributed by atoms with Crippen LogP contribution in [0.1, 0.15) is 49.8 Å². The molecule has 0 N–H and O–H groups in total.